The molecule has 0 atom stereocenters. The molecule has 0 heterocycles. The van der Waals surface area contributed by atoms with E-state index in [-0.39, 0.29) is 0 Å². The summed E-state index contributed by atoms with van der Waals surface area (Å²) in [5.41, 5.74) is 15.0. The van der Waals surface area contributed by atoms with E-state index in [2.05, 4.69) is 127 Å². The van der Waals surface area contributed by atoms with E-state index in [0.717, 1.165) is 5.02 Å². The highest BCUT2D eigenvalue weighted by Gasteiger charge is 2.49. The molecule has 0 radical (unpaired) electrons. The molecule has 2 aliphatic rings. The van der Waals surface area contributed by atoms with E-state index in [0.29, 0.717) is 0 Å². The second-order valence-electron chi connectivity index (χ2n) is 10.2. The van der Waals surface area contributed by atoms with Crippen LogP contribution in [0.25, 0.3) is 44.5 Å². The van der Waals surface area contributed by atoms with Crippen LogP contribution in [-0.2, 0) is 5.41 Å². The Morgan fingerprint density at radius 2 is 0.737 bits per heavy atom. The third kappa shape index (κ3) is 2.81. The number of hydrogen-bond donors (Lipinski definition) is 0. The monoisotopic (exact) mass is 502 g/mol. The van der Waals surface area contributed by atoms with Gasteiger partial charge in [-0.15, -0.1) is 0 Å². The normalized spacial score (nSPS) is 13.6. The maximum atomic E-state index is 6.25. The maximum absolute atomic E-state index is 6.25. The van der Waals surface area contributed by atoms with Crippen LogP contribution < -0.4 is 0 Å². The van der Waals surface area contributed by atoms with Crippen molar-refractivity contribution in [3.8, 4) is 44.5 Å². The fraction of sp³-hybridized carbons (Fsp3) is 0.0270. The number of halogens is 1. The third-order valence-electron chi connectivity index (χ3n) is 8.39. The fourth-order valence-corrected chi connectivity index (χ4v) is 7.00. The van der Waals surface area contributed by atoms with Crippen molar-refractivity contribution in [2.45, 2.75) is 5.41 Å². The lowest BCUT2D eigenvalue weighted by Crippen LogP contribution is -2.29. The molecule has 0 unspecified atom stereocenters. The predicted molar refractivity (Wildman–Crippen MR) is 159 cm³/mol. The summed E-state index contributed by atoms with van der Waals surface area (Å²) >= 11 is 6.25. The lowest BCUT2D eigenvalue weighted by atomic mass is 9.65. The number of fused-ring (bicyclic) bond motifs is 12. The van der Waals surface area contributed by atoms with Crippen molar-refractivity contribution in [2.24, 2.45) is 0 Å². The first-order chi connectivity index (χ1) is 18.8. The van der Waals surface area contributed by atoms with E-state index in [1.807, 2.05) is 12.1 Å². The smallest absolute Gasteiger partial charge is 0.0725 e. The van der Waals surface area contributed by atoms with Crippen LogP contribution in [-0.4, -0.2) is 0 Å². The molecule has 0 amide bonds. The molecule has 38 heavy (non-hydrogen) atoms. The van der Waals surface area contributed by atoms with Crippen LogP contribution >= 0.6 is 11.6 Å². The SMILES string of the molecule is Clc1ccc(-c2ccc3c(c2)C2(c4ccccc4-c4ccccc4-c4ccccc42)c2ccccc2-3)cc1. The van der Waals surface area contributed by atoms with Gasteiger partial charge in [0.05, 0.1) is 5.41 Å². The van der Waals surface area contributed by atoms with Gasteiger partial charge in [-0.25, -0.2) is 0 Å². The van der Waals surface area contributed by atoms with Gasteiger partial charge < -0.3 is 0 Å². The molecule has 6 aromatic carbocycles. The Labute approximate surface area is 227 Å². The molecular weight excluding hydrogens is 480 g/mol. The average Bonchev–Trinajstić information content (AvgIpc) is 3.22. The molecule has 2 aliphatic carbocycles. The number of hydrogen-bond acceptors (Lipinski definition) is 0. The average molecular weight is 503 g/mol. The van der Waals surface area contributed by atoms with Crippen molar-refractivity contribution >= 4 is 11.6 Å². The minimum absolute atomic E-state index is 0.444. The van der Waals surface area contributed by atoms with Gasteiger partial charge in [0.2, 0.25) is 0 Å². The first-order valence-electron chi connectivity index (χ1n) is 13.1. The summed E-state index contributed by atoms with van der Waals surface area (Å²) in [6, 6.07) is 51.0. The maximum Gasteiger partial charge on any atom is 0.0725 e. The van der Waals surface area contributed by atoms with Gasteiger partial charge in [-0.2, -0.15) is 0 Å². The van der Waals surface area contributed by atoms with Crippen molar-refractivity contribution < 1.29 is 0 Å². The summed E-state index contributed by atoms with van der Waals surface area (Å²) in [7, 11) is 0. The van der Waals surface area contributed by atoms with Gasteiger partial charge in [0.1, 0.15) is 0 Å². The highest BCUT2D eigenvalue weighted by molar-refractivity contribution is 6.30. The van der Waals surface area contributed by atoms with Crippen LogP contribution in [0.4, 0.5) is 0 Å². The topological polar surface area (TPSA) is 0 Å². The van der Waals surface area contributed by atoms with E-state index in [4.69, 9.17) is 11.6 Å². The van der Waals surface area contributed by atoms with Crippen molar-refractivity contribution in [1.29, 1.82) is 0 Å². The Hall–Kier alpha value is -4.39. The van der Waals surface area contributed by atoms with E-state index < -0.39 is 5.41 Å². The highest BCUT2D eigenvalue weighted by atomic mass is 35.5. The van der Waals surface area contributed by atoms with E-state index in [1.54, 1.807) is 0 Å². The second-order valence-corrected chi connectivity index (χ2v) is 10.6. The predicted octanol–water partition coefficient (Wildman–Crippen LogP) is 10.0. The van der Waals surface area contributed by atoms with E-state index >= 15 is 0 Å². The van der Waals surface area contributed by atoms with Gasteiger partial charge in [0.25, 0.3) is 0 Å². The van der Waals surface area contributed by atoms with Crippen LogP contribution in [0.2, 0.25) is 5.02 Å². The van der Waals surface area contributed by atoms with Gasteiger partial charge >= 0.3 is 0 Å². The minimum Gasteiger partial charge on any atom is -0.0843 e. The summed E-state index contributed by atoms with van der Waals surface area (Å²) < 4.78 is 0. The summed E-state index contributed by atoms with van der Waals surface area (Å²) in [6.07, 6.45) is 0. The summed E-state index contributed by atoms with van der Waals surface area (Å²) in [6.45, 7) is 0. The molecule has 6 aromatic rings. The van der Waals surface area contributed by atoms with Gasteiger partial charge in [-0.3, -0.25) is 0 Å². The number of benzene rings is 6. The van der Waals surface area contributed by atoms with Crippen molar-refractivity contribution in [3.63, 3.8) is 0 Å². The lowest BCUT2D eigenvalue weighted by molar-refractivity contribution is 0.775. The number of rotatable bonds is 1. The Morgan fingerprint density at radius 3 is 1.26 bits per heavy atom. The standard InChI is InChI=1S/C37H23Cl/c38-26-20-17-24(18-21-26)25-19-22-32-31-13-5-8-16-35(31)37(36(32)23-25)33-14-6-3-11-29(33)27-9-1-2-10-28(27)30-12-4-7-15-34(30)37/h1-23H. The molecule has 0 saturated heterocycles. The van der Waals surface area contributed by atoms with Crippen molar-refractivity contribution in [2.75, 3.05) is 0 Å². The van der Waals surface area contributed by atoms with Crippen molar-refractivity contribution in [3.05, 3.63) is 167 Å². The Kier molecular flexibility index (Phi) is 4.59. The van der Waals surface area contributed by atoms with Gasteiger partial charge in [0.15, 0.2) is 0 Å². The van der Waals surface area contributed by atoms with Crippen LogP contribution in [0.5, 0.6) is 0 Å². The Bertz CT molecular complexity index is 1810. The van der Waals surface area contributed by atoms with Crippen LogP contribution in [0.1, 0.15) is 22.3 Å². The molecule has 0 N–H and O–H groups in total. The molecule has 0 saturated carbocycles. The molecule has 0 aromatic heterocycles. The second kappa shape index (κ2) is 8.05. The first-order valence-corrected chi connectivity index (χ1v) is 13.4. The molecule has 0 aliphatic heterocycles. The van der Waals surface area contributed by atoms with Crippen LogP contribution in [0.3, 0.4) is 0 Å². The molecule has 8 rings (SSSR count). The van der Waals surface area contributed by atoms with E-state index in [1.165, 1.54) is 66.8 Å². The molecule has 0 nitrogen and oxygen atoms in total. The zero-order chi connectivity index (χ0) is 25.3. The molecule has 178 valence electrons. The Balaban J connectivity index is 1.56. The quantitative estimate of drug-likeness (QED) is 0.209. The Morgan fingerprint density at radius 1 is 0.342 bits per heavy atom. The molecular formula is C37H23Cl. The van der Waals surface area contributed by atoms with Gasteiger partial charge in [0, 0.05) is 5.02 Å². The minimum atomic E-state index is -0.444. The van der Waals surface area contributed by atoms with Gasteiger partial charge in [-0.1, -0.05) is 133 Å². The lowest BCUT2D eigenvalue weighted by Gasteiger charge is -2.35. The zero-order valence-electron chi connectivity index (χ0n) is 20.7. The molecule has 1 heteroatoms. The summed E-state index contributed by atoms with van der Waals surface area (Å²) in [5.74, 6) is 0. The summed E-state index contributed by atoms with van der Waals surface area (Å²) in [4.78, 5) is 0. The molecule has 0 fully saturated rings. The fourth-order valence-electron chi connectivity index (χ4n) is 6.87. The van der Waals surface area contributed by atoms with E-state index in [9.17, 15) is 0 Å². The first kappa shape index (κ1) is 21.7. The zero-order valence-corrected chi connectivity index (χ0v) is 21.4. The molecule has 0 bridgehead atoms. The highest BCUT2D eigenvalue weighted by Crippen LogP contribution is 2.61. The third-order valence-corrected chi connectivity index (χ3v) is 8.64. The molecule has 1 spiro atoms. The van der Waals surface area contributed by atoms with Crippen molar-refractivity contribution in [1.82, 2.24) is 0 Å². The summed E-state index contributed by atoms with van der Waals surface area (Å²) in [5, 5.41) is 0.753. The van der Waals surface area contributed by atoms with Gasteiger partial charge in [-0.05, 0) is 85.0 Å². The van der Waals surface area contributed by atoms with Crippen LogP contribution in [0, 0.1) is 0 Å². The van der Waals surface area contributed by atoms with Crippen LogP contribution in [0.15, 0.2) is 140 Å². The largest absolute Gasteiger partial charge is 0.0843 e.